The summed E-state index contributed by atoms with van der Waals surface area (Å²) in [5, 5.41) is 0. The van der Waals surface area contributed by atoms with Crippen LogP contribution in [0.1, 0.15) is 43.0 Å². The number of carbonyl (C=O) groups is 3. The van der Waals surface area contributed by atoms with Crippen molar-refractivity contribution in [3.63, 3.8) is 0 Å². The maximum absolute atomic E-state index is 12.1. The van der Waals surface area contributed by atoms with E-state index in [4.69, 9.17) is 0 Å². The summed E-state index contributed by atoms with van der Waals surface area (Å²) in [5.74, 6) is -0.326. The van der Waals surface area contributed by atoms with Gasteiger partial charge >= 0.3 is 0 Å². The zero-order valence-electron chi connectivity index (χ0n) is 10.4. The quantitative estimate of drug-likeness (QED) is 0.606. The maximum Gasteiger partial charge on any atom is 0.164 e. The van der Waals surface area contributed by atoms with E-state index >= 15 is 0 Å². The molecule has 0 radical (unpaired) electrons. The number of Topliss-reactive ketones (excluding diaryl/α,β-unsaturated/α-hetero) is 3. The van der Waals surface area contributed by atoms with Crippen LogP contribution in [0.15, 0.2) is 30.3 Å². The monoisotopic (exact) mass is 244 g/mol. The molecule has 0 bridgehead atoms. The second kappa shape index (κ2) is 4.84. The van der Waals surface area contributed by atoms with Crippen LogP contribution in [0.5, 0.6) is 0 Å². The largest absolute Gasteiger partial charge is 0.299 e. The highest BCUT2D eigenvalue weighted by molar-refractivity contribution is 6.12. The van der Waals surface area contributed by atoms with Crippen molar-refractivity contribution in [3.05, 3.63) is 35.9 Å². The molecule has 0 amide bonds. The predicted molar refractivity (Wildman–Crippen MR) is 67.4 cm³/mol. The third kappa shape index (κ3) is 2.26. The minimum absolute atomic E-state index is 0.00528. The van der Waals surface area contributed by atoms with Gasteiger partial charge in [0.05, 0.1) is 5.41 Å². The number of carbonyl (C=O) groups excluding carboxylic acids is 3. The molecule has 0 heterocycles. The molecule has 1 aromatic carbocycles. The molecule has 0 aromatic heterocycles. The Morgan fingerprint density at radius 1 is 1.11 bits per heavy atom. The molecule has 1 aliphatic rings. The lowest BCUT2D eigenvalue weighted by Crippen LogP contribution is -2.41. The summed E-state index contributed by atoms with van der Waals surface area (Å²) in [4.78, 5) is 35.9. The molecule has 0 aliphatic heterocycles. The van der Waals surface area contributed by atoms with Crippen LogP contribution in [0.2, 0.25) is 0 Å². The number of ketones is 3. The van der Waals surface area contributed by atoms with Crippen molar-refractivity contribution in [2.75, 3.05) is 0 Å². The smallest absolute Gasteiger partial charge is 0.164 e. The van der Waals surface area contributed by atoms with Crippen LogP contribution in [0.3, 0.4) is 0 Å². The highest BCUT2D eigenvalue weighted by atomic mass is 16.2. The molecular weight excluding hydrogens is 228 g/mol. The molecule has 0 atom stereocenters. The molecule has 1 saturated carbocycles. The van der Waals surface area contributed by atoms with E-state index < -0.39 is 5.41 Å². The maximum atomic E-state index is 12.1. The first-order valence-electron chi connectivity index (χ1n) is 6.19. The molecule has 0 unspecified atom stereocenters. The van der Waals surface area contributed by atoms with Crippen LogP contribution in [-0.2, 0) is 9.59 Å². The molecule has 0 N–H and O–H groups in total. The lowest BCUT2D eigenvalue weighted by Gasteiger charge is -2.29. The summed E-state index contributed by atoms with van der Waals surface area (Å²) in [6.45, 7) is 1.61. The average Bonchev–Trinajstić information content (AvgIpc) is 2.37. The van der Waals surface area contributed by atoms with Gasteiger partial charge in [-0.1, -0.05) is 30.3 Å². The lowest BCUT2D eigenvalue weighted by atomic mass is 9.70. The van der Waals surface area contributed by atoms with E-state index in [1.54, 1.807) is 31.2 Å². The molecule has 94 valence electrons. The second-order valence-corrected chi connectivity index (χ2v) is 5.00. The van der Waals surface area contributed by atoms with Crippen LogP contribution < -0.4 is 0 Å². The minimum Gasteiger partial charge on any atom is -0.299 e. The average molecular weight is 244 g/mol. The van der Waals surface area contributed by atoms with Crippen molar-refractivity contribution in [2.45, 2.75) is 32.6 Å². The Morgan fingerprint density at radius 3 is 2.22 bits per heavy atom. The topological polar surface area (TPSA) is 51.2 Å². The summed E-state index contributed by atoms with van der Waals surface area (Å²) < 4.78 is 0. The summed E-state index contributed by atoms with van der Waals surface area (Å²) >= 11 is 0. The highest BCUT2D eigenvalue weighted by Crippen LogP contribution is 2.34. The van der Waals surface area contributed by atoms with Gasteiger partial charge in [-0.15, -0.1) is 0 Å². The Kier molecular flexibility index (Phi) is 3.41. The molecule has 1 aromatic rings. The Bertz CT molecular complexity index is 472. The van der Waals surface area contributed by atoms with E-state index in [-0.39, 0.29) is 23.8 Å². The molecule has 3 heteroatoms. The third-order valence-corrected chi connectivity index (χ3v) is 3.65. The Morgan fingerprint density at radius 2 is 1.67 bits per heavy atom. The normalized spacial score (nSPS) is 18.7. The minimum atomic E-state index is -1.11. The third-order valence-electron chi connectivity index (χ3n) is 3.65. The Balaban J connectivity index is 2.20. The predicted octanol–water partition coefficient (Wildman–Crippen LogP) is 2.59. The van der Waals surface area contributed by atoms with Gasteiger partial charge in [0.25, 0.3) is 0 Å². The van der Waals surface area contributed by atoms with Crippen LogP contribution in [0, 0.1) is 5.41 Å². The van der Waals surface area contributed by atoms with E-state index in [1.807, 2.05) is 6.07 Å². The van der Waals surface area contributed by atoms with E-state index in [1.165, 1.54) is 0 Å². The number of hydrogen-bond donors (Lipinski definition) is 0. The first-order chi connectivity index (χ1) is 8.54. The van der Waals surface area contributed by atoms with Gasteiger partial charge in [0, 0.05) is 24.8 Å². The Hall–Kier alpha value is -1.77. The molecule has 1 aliphatic carbocycles. The second-order valence-electron chi connectivity index (χ2n) is 5.00. The van der Waals surface area contributed by atoms with Gasteiger partial charge in [-0.25, -0.2) is 0 Å². The highest BCUT2D eigenvalue weighted by Gasteiger charge is 2.43. The van der Waals surface area contributed by atoms with Crippen molar-refractivity contribution in [2.24, 2.45) is 5.41 Å². The summed E-state index contributed by atoms with van der Waals surface area (Å²) in [5.41, 5.74) is -0.546. The van der Waals surface area contributed by atoms with Crippen molar-refractivity contribution in [3.8, 4) is 0 Å². The van der Waals surface area contributed by atoms with Crippen LogP contribution in [0.4, 0.5) is 0 Å². The first-order valence-corrected chi connectivity index (χ1v) is 6.19. The molecule has 2 rings (SSSR count). The summed E-state index contributed by atoms with van der Waals surface area (Å²) in [7, 11) is 0. The van der Waals surface area contributed by atoms with Crippen LogP contribution in [0.25, 0.3) is 0 Å². The van der Waals surface area contributed by atoms with Gasteiger partial charge in [-0.3, -0.25) is 14.4 Å². The molecule has 0 saturated heterocycles. The summed E-state index contributed by atoms with van der Waals surface area (Å²) in [6, 6.07) is 8.81. The van der Waals surface area contributed by atoms with Crippen molar-refractivity contribution in [1.82, 2.24) is 0 Å². The fourth-order valence-electron chi connectivity index (χ4n) is 2.36. The molecule has 1 fully saturated rings. The van der Waals surface area contributed by atoms with Gasteiger partial charge in [0.15, 0.2) is 5.78 Å². The van der Waals surface area contributed by atoms with Crippen molar-refractivity contribution >= 4 is 17.3 Å². The SMILES string of the molecule is CC1(CC(=O)c2ccccc2)C(=O)CCCC1=O. The fraction of sp³-hybridized carbons (Fsp3) is 0.400. The van der Waals surface area contributed by atoms with E-state index in [0.29, 0.717) is 24.8 Å². The van der Waals surface area contributed by atoms with Gasteiger partial charge in [-0.2, -0.15) is 0 Å². The molecule has 0 spiro atoms. The van der Waals surface area contributed by atoms with Gasteiger partial charge in [0.1, 0.15) is 11.6 Å². The summed E-state index contributed by atoms with van der Waals surface area (Å²) in [6.07, 6.45) is 1.43. The molecule has 3 nitrogen and oxygen atoms in total. The Labute approximate surface area is 106 Å². The number of hydrogen-bond acceptors (Lipinski definition) is 3. The van der Waals surface area contributed by atoms with Crippen molar-refractivity contribution < 1.29 is 14.4 Å². The van der Waals surface area contributed by atoms with E-state index in [0.717, 1.165) is 0 Å². The zero-order chi connectivity index (χ0) is 13.2. The van der Waals surface area contributed by atoms with Gasteiger partial charge in [0.2, 0.25) is 0 Å². The number of benzene rings is 1. The van der Waals surface area contributed by atoms with E-state index in [9.17, 15) is 14.4 Å². The number of rotatable bonds is 3. The van der Waals surface area contributed by atoms with Gasteiger partial charge < -0.3 is 0 Å². The fourth-order valence-corrected chi connectivity index (χ4v) is 2.36. The molecule has 18 heavy (non-hydrogen) atoms. The molecular formula is C15H16O3. The van der Waals surface area contributed by atoms with Gasteiger partial charge in [-0.05, 0) is 13.3 Å². The zero-order valence-corrected chi connectivity index (χ0v) is 10.4. The standard InChI is InChI=1S/C15H16O3/c1-15(13(17)8-5-9-14(15)18)10-12(16)11-6-3-2-4-7-11/h2-4,6-7H,5,8-10H2,1H3. The van der Waals surface area contributed by atoms with E-state index in [2.05, 4.69) is 0 Å². The van der Waals surface area contributed by atoms with Crippen molar-refractivity contribution in [1.29, 1.82) is 0 Å². The van der Waals surface area contributed by atoms with Crippen LogP contribution >= 0.6 is 0 Å². The first kappa shape index (κ1) is 12.7. The van der Waals surface area contributed by atoms with Crippen LogP contribution in [-0.4, -0.2) is 17.3 Å². The lowest BCUT2D eigenvalue weighted by molar-refractivity contribution is -0.142.